The molecule has 0 spiro atoms. The van der Waals surface area contributed by atoms with Gasteiger partial charge in [-0.05, 0) is 67.0 Å². The third-order valence-electron chi connectivity index (χ3n) is 6.27. The molecule has 1 amide bonds. The van der Waals surface area contributed by atoms with Gasteiger partial charge in [-0.25, -0.2) is 4.98 Å². The number of benzene rings is 1. The van der Waals surface area contributed by atoms with Crippen LogP contribution in [0, 0.1) is 17.8 Å². The predicted octanol–water partition coefficient (Wildman–Crippen LogP) is 3.84. The highest BCUT2D eigenvalue weighted by Gasteiger charge is 2.49. The van der Waals surface area contributed by atoms with Crippen LogP contribution in [0.3, 0.4) is 0 Å². The van der Waals surface area contributed by atoms with Crippen molar-refractivity contribution < 1.29 is 9.53 Å². The maximum Gasteiger partial charge on any atom is 0.230 e. The second-order valence-corrected chi connectivity index (χ2v) is 7.75. The fourth-order valence-corrected chi connectivity index (χ4v) is 4.95. The van der Waals surface area contributed by atoms with Gasteiger partial charge < -0.3 is 15.8 Å². The minimum atomic E-state index is -0.0728. The summed E-state index contributed by atoms with van der Waals surface area (Å²) in [5.41, 5.74) is 9.41. The van der Waals surface area contributed by atoms with Crippen LogP contribution in [0.5, 0.6) is 5.75 Å². The summed E-state index contributed by atoms with van der Waals surface area (Å²) >= 11 is 0. The lowest BCUT2D eigenvalue weighted by molar-refractivity contribution is -0.121. The number of hydrogen-bond acceptors (Lipinski definition) is 4. The van der Waals surface area contributed by atoms with Crippen molar-refractivity contribution in [3.8, 4) is 17.0 Å². The number of amides is 1. The van der Waals surface area contributed by atoms with Crippen molar-refractivity contribution in [1.29, 1.82) is 0 Å². The van der Waals surface area contributed by atoms with E-state index in [2.05, 4.69) is 16.4 Å². The highest BCUT2D eigenvalue weighted by atomic mass is 35.5. The van der Waals surface area contributed by atoms with E-state index in [0.717, 1.165) is 42.9 Å². The minimum Gasteiger partial charge on any atom is -0.493 e. The van der Waals surface area contributed by atoms with Crippen LogP contribution in [-0.4, -0.2) is 23.5 Å². The Kier molecular flexibility index (Phi) is 6.18. The SMILES string of the molecule is Cl.Cl.NC1C2CCC(C2)C1C(=O)Nc1cccc(-c2ccc3c(c2)CCO3)n1. The van der Waals surface area contributed by atoms with Gasteiger partial charge in [0.15, 0.2) is 0 Å². The molecule has 1 aromatic carbocycles. The molecule has 2 aromatic rings. The smallest absolute Gasteiger partial charge is 0.230 e. The average Bonchev–Trinajstić information content (AvgIpc) is 3.37. The summed E-state index contributed by atoms with van der Waals surface area (Å²) in [7, 11) is 0. The molecule has 2 aliphatic carbocycles. The van der Waals surface area contributed by atoms with E-state index >= 15 is 0 Å². The number of halogens is 2. The van der Waals surface area contributed by atoms with Crippen molar-refractivity contribution in [2.45, 2.75) is 31.7 Å². The number of fused-ring (bicyclic) bond motifs is 3. The molecule has 2 fully saturated rings. The summed E-state index contributed by atoms with van der Waals surface area (Å²) in [6, 6.07) is 11.9. The second kappa shape index (κ2) is 8.27. The second-order valence-electron chi connectivity index (χ2n) is 7.75. The number of pyridine rings is 1. The van der Waals surface area contributed by atoms with Crippen LogP contribution in [-0.2, 0) is 11.2 Å². The van der Waals surface area contributed by atoms with Crippen molar-refractivity contribution >= 4 is 36.5 Å². The third-order valence-corrected chi connectivity index (χ3v) is 6.27. The molecule has 7 heteroatoms. The first-order chi connectivity index (χ1) is 12.7. The van der Waals surface area contributed by atoms with Crippen molar-refractivity contribution in [3.63, 3.8) is 0 Å². The molecule has 2 saturated carbocycles. The van der Waals surface area contributed by atoms with Crippen LogP contribution in [0.2, 0.25) is 0 Å². The van der Waals surface area contributed by atoms with Crippen molar-refractivity contribution in [3.05, 3.63) is 42.0 Å². The average molecular weight is 422 g/mol. The Labute approximate surface area is 177 Å². The first kappa shape index (κ1) is 20.9. The number of rotatable bonds is 3. The van der Waals surface area contributed by atoms with Gasteiger partial charge in [-0.2, -0.15) is 0 Å². The summed E-state index contributed by atoms with van der Waals surface area (Å²) in [5, 5.41) is 3.01. The molecule has 3 N–H and O–H groups in total. The molecule has 1 aromatic heterocycles. The lowest BCUT2D eigenvalue weighted by Crippen LogP contribution is -2.42. The molecule has 0 saturated heterocycles. The number of carbonyl (C=O) groups is 1. The summed E-state index contributed by atoms with van der Waals surface area (Å²) < 4.78 is 5.57. The van der Waals surface area contributed by atoms with E-state index in [0.29, 0.717) is 17.7 Å². The first-order valence-electron chi connectivity index (χ1n) is 9.48. The van der Waals surface area contributed by atoms with Gasteiger partial charge in [-0.1, -0.05) is 6.07 Å². The molecule has 28 heavy (non-hydrogen) atoms. The van der Waals surface area contributed by atoms with E-state index in [1.165, 1.54) is 12.0 Å². The van der Waals surface area contributed by atoms with Gasteiger partial charge in [-0.3, -0.25) is 4.79 Å². The van der Waals surface area contributed by atoms with E-state index < -0.39 is 0 Å². The lowest BCUT2D eigenvalue weighted by Gasteiger charge is -2.26. The quantitative estimate of drug-likeness (QED) is 0.788. The van der Waals surface area contributed by atoms with Gasteiger partial charge in [0.1, 0.15) is 11.6 Å². The maximum absolute atomic E-state index is 12.8. The molecule has 3 aliphatic rings. The predicted molar refractivity (Wildman–Crippen MR) is 114 cm³/mol. The van der Waals surface area contributed by atoms with E-state index in [1.807, 2.05) is 30.3 Å². The molecule has 5 rings (SSSR count). The third kappa shape index (κ3) is 3.59. The van der Waals surface area contributed by atoms with Gasteiger partial charge in [0.25, 0.3) is 0 Å². The Hall–Kier alpha value is -1.82. The van der Waals surface area contributed by atoms with Crippen molar-refractivity contribution in [2.75, 3.05) is 11.9 Å². The number of ether oxygens (including phenoxy) is 1. The highest BCUT2D eigenvalue weighted by molar-refractivity contribution is 5.93. The standard InChI is InChI=1S/C21H23N3O2.2ClH/c22-20-15-5-4-14(11-15)19(20)21(25)24-18-3-1-2-16(23-18)12-6-7-17-13(10-12)8-9-26-17;;/h1-3,6-7,10,14-15,19-20H,4-5,8-9,11,22H2,(H,23,24,25);2*1H. The summed E-state index contributed by atoms with van der Waals surface area (Å²) in [6.45, 7) is 0.742. The molecular weight excluding hydrogens is 397 g/mol. The van der Waals surface area contributed by atoms with Gasteiger partial charge >= 0.3 is 0 Å². The molecule has 1 aliphatic heterocycles. The van der Waals surface area contributed by atoms with Crippen LogP contribution in [0.15, 0.2) is 36.4 Å². The van der Waals surface area contributed by atoms with Gasteiger partial charge in [0, 0.05) is 18.0 Å². The van der Waals surface area contributed by atoms with E-state index in [-0.39, 0.29) is 42.7 Å². The number of anilines is 1. The highest BCUT2D eigenvalue weighted by Crippen LogP contribution is 2.47. The van der Waals surface area contributed by atoms with E-state index in [4.69, 9.17) is 10.5 Å². The zero-order valence-electron chi connectivity index (χ0n) is 15.5. The summed E-state index contributed by atoms with van der Waals surface area (Å²) in [6.07, 6.45) is 4.33. The fraction of sp³-hybridized carbons (Fsp3) is 0.429. The molecule has 0 radical (unpaired) electrons. The number of aromatic nitrogens is 1. The first-order valence-corrected chi connectivity index (χ1v) is 9.48. The Morgan fingerprint density at radius 2 is 1.96 bits per heavy atom. The molecular formula is C21H25Cl2N3O2. The number of hydrogen-bond donors (Lipinski definition) is 2. The number of nitrogens with one attached hydrogen (secondary N) is 1. The Bertz CT molecular complexity index is 874. The van der Waals surface area contributed by atoms with Gasteiger partial charge in [-0.15, -0.1) is 24.8 Å². The zero-order chi connectivity index (χ0) is 17.7. The van der Waals surface area contributed by atoms with E-state index in [1.54, 1.807) is 0 Å². The fourth-order valence-electron chi connectivity index (χ4n) is 4.95. The molecule has 4 atom stereocenters. The van der Waals surface area contributed by atoms with Crippen LogP contribution < -0.4 is 15.8 Å². The Morgan fingerprint density at radius 3 is 2.75 bits per heavy atom. The van der Waals surface area contributed by atoms with Crippen molar-refractivity contribution in [1.82, 2.24) is 4.98 Å². The van der Waals surface area contributed by atoms with Crippen LogP contribution in [0.1, 0.15) is 24.8 Å². The van der Waals surface area contributed by atoms with Crippen LogP contribution in [0.25, 0.3) is 11.3 Å². The Morgan fingerprint density at radius 1 is 1.14 bits per heavy atom. The topological polar surface area (TPSA) is 77.2 Å². The summed E-state index contributed by atoms with van der Waals surface area (Å²) in [4.78, 5) is 17.4. The number of nitrogens with two attached hydrogens (primary N) is 1. The number of nitrogens with zero attached hydrogens (tertiary/aromatic N) is 1. The summed E-state index contributed by atoms with van der Waals surface area (Å²) in [5.74, 6) is 2.47. The van der Waals surface area contributed by atoms with Crippen molar-refractivity contribution in [2.24, 2.45) is 23.5 Å². The van der Waals surface area contributed by atoms with Gasteiger partial charge in [0.05, 0.1) is 18.2 Å². The molecule has 4 unspecified atom stereocenters. The van der Waals surface area contributed by atoms with Gasteiger partial charge in [0.2, 0.25) is 5.91 Å². The molecule has 2 heterocycles. The Balaban J connectivity index is 0.00000112. The maximum atomic E-state index is 12.8. The molecule has 2 bridgehead atoms. The normalized spacial score (nSPS) is 26.6. The minimum absolute atomic E-state index is 0. The largest absolute Gasteiger partial charge is 0.493 e. The molecule has 150 valence electrons. The molecule has 5 nitrogen and oxygen atoms in total. The zero-order valence-corrected chi connectivity index (χ0v) is 17.1. The van der Waals surface area contributed by atoms with Crippen LogP contribution >= 0.6 is 24.8 Å². The number of carbonyl (C=O) groups excluding carboxylic acids is 1. The van der Waals surface area contributed by atoms with E-state index in [9.17, 15) is 4.79 Å². The van der Waals surface area contributed by atoms with Crippen LogP contribution in [0.4, 0.5) is 5.82 Å². The monoisotopic (exact) mass is 421 g/mol. The lowest BCUT2D eigenvalue weighted by atomic mass is 9.84.